The fraction of sp³-hybridized carbons (Fsp3) is 0.167. The van der Waals surface area contributed by atoms with Gasteiger partial charge in [0.05, 0.1) is 0 Å². The molecule has 0 fully saturated rings. The number of rotatable bonds is 3. The van der Waals surface area contributed by atoms with E-state index in [-0.39, 0.29) is 0 Å². The summed E-state index contributed by atoms with van der Waals surface area (Å²) in [6.45, 7) is 0. The van der Waals surface area contributed by atoms with E-state index in [1.54, 1.807) is 0 Å². The number of hydrogen-bond donors (Lipinski definition) is 2. The minimum atomic E-state index is 0.533. The summed E-state index contributed by atoms with van der Waals surface area (Å²) in [6, 6.07) is 7.79. The van der Waals surface area contributed by atoms with Gasteiger partial charge >= 0.3 is 0 Å². The first-order valence-electron chi connectivity index (χ1n) is 5.38. The second kappa shape index (κ2) is 5.22. The molecular formula is C12H14BrN5. The van der Waals surface area contributed by atoms with Crippen LogP contribution < -0.4 is 16.0 Å². The zero-order valence-electron chi connectivity index (χ0n) is 10.2. The average Bonchev–Trinajstić information content (AvgIpc) is 2.34. The van der Waals surface area contributed by atoms with Gasteiger partial charge in [-0.2, -0.15) is 0 Å². The lowest BCUT2D eigenvalue weighted by Gasteiger charge is -2.16. The zero-order valence-corrected chi connectivity index (χ0v) is 11.8. The Morgan fingerprint density at radius 3 is 2.44 bits per heavy atom. The van der Waals surface area contributed by atoms with E-state index in [0.717, 1.165) is 10.2 Å². The SMILES string of the molecule is CN(C)c1ncnc(Nc2ccc(Br)cc2)c1N. The quantitative estimate of drug-likeness (QED) is 0.912. The number of aromatic nitrogens is 2. The topological polar surface area (TPSA) is 67.1 Å². The van der Waals surface area contributed by atoms with E-state index in [4.69, 9.17) is 5.73 Å². The summed E-state index contributed by atoms with van der Waals surface area (Å²) in [6.07, 6.45) is 1.49. The molecule has 5 nitrogen and oxygen atoms in total. The molecule has 18 heavy (non-hydrogen) atoms. The van der Waals surface area contributed by atoms with Crippen molar-refractivity contribution < 1.29 is 0 Å². The minimum Gasteiger partial charge on any atom is -0.393 e. The van der Waals surface area contributed by atoms with Crippen molar-refractivity contribution in [3.05, 3.63) is 35.1 Å². The number of nitrogen functional groups attached to an aromatic ring is 1. The third-order valence-corrected chi connectivity index (χ3v) is 2.92. The summed E-state index contributed by atoms with van der Waals surface area (Å²) in [5.74, 6) is 1.31. The molecular weight excluding hydrogens is 294 g/mol. The normalized spacial score (nSPS) is 10.2. The first-order valence-corrected chi connectivity index (χ1v) is 6.17. The Morgan fingerprint density at radius 1 is 1.17 bits per heavy atom. The van der Waals surface area contributed by atoms with Crippen molar-refractivity contribution >= 4 is 38.9 Å². The van der Waals surface area contributed by atoms with Gasteiger partial charge in [-0.3, -0.25) is 0 Å². The number of benzene rings is 1. The van der Waals surface area contributed by atoms with Gasteiger partial charge in [-0.05, 0) is 24.3 Å². The van der Waals surface area contributed by atoms with Gasteiger partial charge in [-0.1, -0.05) is 15.9 Å². The van der Waals surface area contributed by atoms with Crippen molar-refractivity contribution in [1.82, 2.24) is 9.97 Å². The predicted octanol–water partition coefficient (Wildman–Crippen LogP) is 2.63. The van der Waals surface area contributed by atoms with E-state index in [2.05, 4.69) is 31.2 Å². The molecule has 3 N–H and O–H groups in total. The Balaban J connectivity index is 2.29. The lowest BCUT2D eigenvalue weighted by Crippen LogP contribution is -2.14. The van der Waals surface area contributed by atoms with E-state index < -0.39 is 0 Å². The molecule has 0 atom stereocenters. The van der Waals surface area contributed by atoms with Gasteiger partial charge in [0.25, 0.3) is 0 Å². The number of anilines is 4. The number of nitrogens with one attached hydrogen (secondary N) is 1. The van der Waals surface area contributed by atoms with Crippen LogP contribution in [0.15, 0.2) is 35.1 Å². The van der Waals surface area contributed by atoms with Crippen LogP contribution >= 0.6 is 15.9 Å². The van der Waals surface area contributed by atoms with Gasteiger partial charge in [-0.15, -0.1) is 0 Å². The molecule has 1 heterocycles. The standard InChI is InChI=1S/C12H14BrN5/c1-18(2)12-10(14)11(15-7-16-12)17-9-5-3-8(13)4-6-9/h3-7H,14H2,1-2H3,(H,15,16,17). The van der Waals surface area contributed by atoms with Crippen LogP contribution in [0.4, 0.5) is 23.0 Å². The third-order valence-electron chi connectivity index (χ3n) is 2.39. The molecule has 0 radical (unpaired) electrons. The van der Waals surface area contributed by atoms with E-state index >= 15 is 0 Å². The maximum absolute atomic E-state index is 6.02. The second-order valence-corrected chi connectivity index (χ2v) is 4.90. The lowest BCUT2D eigenvalue weighted by atomic mass is 10.3. The molecule has 94 valence electrons. The zero-order chi connectivity index (χ0) is 13.1. The van der Waals surface area contributed by atoms with Crippen LogP contribution in [0.25, 0.3) is 0 Å². The number of halogens is 1. The van der Waals surface area contributed by atoms with Gasteiger partial charge < -0.3 is 16.0 Å². The van der Waals surface area contributed by atoms with Crippen LogP contribution in [0.1, 0.15) is 0 Å². The minimum absolute atomic E-state index is 0.533. The highest BCUT2D eigenvalue weighted by Gasteiger charge is 2.09. The molecule has 0 saturated heterocycles. The Kier molecular flexibility index (Phi) is 3.66. The highest BCUT2D eigenvalue weighted by molar-refractivity contribution is 9.10. The molecule has 0 aliphatic carbocycles. The summed E-state index contributed by atoms with van der Waals surface area (Å²) < 4.78 is 1.03. The van der Waals surface area contributed by atoms with Crippen molar-refractivity contribution in [2.24, 2.45) is 0 Å². The first-order chi connectivity index (χ1) is 8.58. The molecule has 0 amide bonds. The molecule has 0 aliphatic rings. The Bertz CT molecular complexity index is 539. The largest absolute Gasteiger partial charge is 0.393 e. The van der Waals surface area contributed by atoms with Crippen molar-refractivity contribution in [2.45, 2.75) is 0 Å². The molecule has 2 rings (SSSR count). The summed E-state index contributed by atoms with van der Waals surface area (Å²) in [4.78, 5) is 10.1. The third kappa shape index (κ3) is 2.70. The Morgan fingerprint density at radius 2 is 1.83 bits per heavy atom. The number of nitrogens with two attached hydrogens (primary N) is 1. The fourth-order valence-electron chi connectivity index (χ4n) is 1.51. The molecule has 2 aromatic rings. The van der Waals surface area contributed by atoms with Crippen molar-refractivity contribution in [3.63, 3.8) is 0 Å². The lowest BCUT2D eigenvalue weighted by molar-refractivity contribution is 1.04. The molecule has 0 bridgehead atoms. The highest BCUT2D eigenvalue weighted by Crippen LogP contribution is 2.27. The Hall–Kier alpha value is -1.82. The second-order valence-electron chi connectivity index (χ2n) is 3.99. The van der Waals surface area contributed by atoms with E-state index in [0.29, 0.717) is 17.3 Å². The summed E-state index contributed by atoms with van der Waals surface area (Å²) in [7, 11) is 3.78. The smallest absolute Gasteiger partial charge is 0.159 e. The first kappa shape index (κ1) is 12.6. The molecule has 0 aliphatic heterocycles. The fourth-order valence-corrected chi connectivity index (χ4v) is 1.78. The van der Waals surface area contributed by atoms with Crippen LogP contribution in [0, 0.1) is 0 Å². The maximum Gasteiger partial charge on any atom is 0.159 e. The molecule has 1 aromatic carbocycles. The van der Waals surface area contributed by atoms with Gasteiger partial charge in [-0.25, -0.2) is 9.97 Å². The van der Waals surface area contributed by atoms with E-state index in [9.17, 15) is 0 Å². The van der Waals surface area contributed by atoms with E-state index in [1.165, 1.54) is 6.33 Å². The summed E-state index contributed by atoms with van der Waals surface area (Å²) >= 11 is 3.39. The number of hydrogen-bond acceptors (Lipinski definition) is 5. The molecule has 0 spiro atoms. The monoisotopic (exact) mass is 307 g/mol. The van der Waals surface area contributed by atoms with Gasteiger partial charge in [0, 0.05) is 24.3 Å². The molecule has 6 heteroatoms. The van der Waals surface area contributed by atoms with Gasteiger partial charge in [0.1, 0.15) is 12.0 Å². The van der Waals surface area contributed by atoms with Crippen LogP contribution in [-0.2, 0) is 0 Å². The van der Waals surface area contributed by atoms with Gasteiger partial charge in [0.15, 0.2) is 11.6 Å². The Labute approximate surface area is 114 Å². The summed E-state index contributed by atoms with van der Waals surface area (Å²) in [5.41, 5.74) is 7.48. The van der Waals surface area contributed by atoms with Crippen LogP contribution in [0.2, 0.25) is 0 Å². The van der Waals surface area contributed by atoms with Gasteiger partial charge in [0.2, 0.25) is 0 Å². The van der Waals surface area contributed by atoms with Crippen molar-refractivity contribution in [3.8, 4) is 0 Å². The predicted molar refractivity (Wildman–Crippen MR) is 78.2 cm³/mol. The summed E-state index contributed by atoms with van der Waals surface area (Å²) in [5, 5.41) is 3.17. The highest BCUT2D eigenvalue weighted by atomic mass is 79.9. The molecule has 1 aromatic heterocycles. The van der Waals surface area contributed by atoms with E-state index in [1.807, 2.05) is 43.3 Å². The maximum atomic E-state index is 6.02. The molecule has 0 unspecified atom stereocenters. The molecule has 0 saturated carbocycles. The van der Waals surface area contributed by atoms with Crippen LogP contribution in [0.3, 0.4) is 0 Å². The van der Waals surface area contributed by atoms with Crippen LogP contribution in [-0.4, -0.2) is 24.1 Å². The van der Waals surface area contributed by atoms with Crippen molar-refractivity contribution in [1.29, 1.82) is 0 Å². The number of nitrogens with zero attached hydrogens (tertiary/aromatic N) is 3. The van der Waals surface area contributed by atoms with Crippen molar-refractivity contribution in [2.75, 3.05) is 30.0 Å². The van der Waals surface area contributed by atoms with Crippen LogP contribution in [0.5, 0.6) is 0 Å². The average molecular weight is 308 g/mol.